The minimum atomic E-state index is -4.74. The number of carbonyl (C=O) groups is 2. The first-order valence-electron chi connectivity index (χ1n) is 14.9. The molecule has 0 saturated carbocycles. The van der Waals surface area contributed by atoms with E-state index in [4.69, 9.17) is 9.47 Å². The lowest BCUT2D eigenvalue weighted by Crippen LogP contribution is -2.45. The number of hydrogen-bond donors (Lipinski definition) is 2. The molecule has 2 aromatic carbocycles. The molecule has 1 aromatic heterocycles. The summed E-state index contributed by atoms with van der Waals surface area (Å²) in [6.07, 6.45) is -9.13. The van der Waals surface area contributed by atoms with Crippen LogP contribution in [0.3, 0.4) is 0 Å². The van der Waals surface area contributed by atoms with E-state index in [1.54, 1.807) is 19.9 Å². The summed E-state index contributed by atoms with van der Waals surface area (Å²) in [4.78, 5) is 33.5. The maximum Gasteiger partial charge on any atom is 0.416 e. The zero-order valence-corrected chi connectivity index (χ0v) is 25.8. The fourth-order valence-electron chi connectivity index (χ4n) is 5.40. The van der Waals surface area contributed by atoms with Crippen molar-refractivity contribution in [1.82, 2.24) is 9.97 Å². The van der Waals surface area contributed by atoms with E-state index in [0.717, 1.165) is 29.2 Å². The summed E-state index contributed by atoms with van der Waals surface area (Å²) in [6.45, 7) is 3.59. The Morgan fingerprint density at radius 1 is 1.08 bits per heavy atom. The molecule has 0 bridgehead atoms. The molecule has 1 aliphatic rings. The Kier molecular flexibility index (Phi) is 11.0. The second-order valence-corrected chi connectivity index (χ2v) is 10.9. The molecule has 10 nitrogen and oxygen atoms in total. The van der Waals surface area contributed by atoms with Crippen molar-refractivity contribution in [3.05, 3.63) is 76.1 Å². The maximum absolute atomic E-state index is 13.7. The molecule has 0 spiro atoms. The smallest absolute Gasteiger partial charge is 0.416 e. The minimum Gasteiger partial charge on any atom is -0.490 e. The molecule has 3 aromatic rings. The fourth-order valence-corrected chi connectivity index (χ4v) is 5.40. The van der Waals surface area contributed by atoms with Crippen LogP contribution in [0.15, 0.2) is 42.6 Å². The van der Waals surface area contributed by atoms with Crippen LogP contribution in [-0.2, 0) is 28.3 Å². The number of nitrogens with zero attached hydrogens (tertiary/aromatic N) is 4. The number of esters is 1. The largest absolute Gasteiger partial charge is 0.490 e. The topological polar surface area (TPSA) is 138 Å². The average molecular weight is 680 g/mol. The van der Waals surface area contributed by atoms with Gasteiger partial charge in [-0.3, -0.25) is 9.69 Å². The second-order valence-electron chi connectivity index (χ2n) is 10.9. The highest BCUT2D eigenvalue weighted by Gasteiger charge is 2.39. The third kappa shape index (κ3) is 8.64. The van der Waals surface area contributed by atoms with E-state index in [-0.39, 0.29) is 78.7 Å². The van der Waals surface area contributed by atoms with E-state index in [1.807, 2.05) is 0 Å². The molecule has 48 heavy (non-hydrogen) atoms. The highest BCUT2D eigenvalue weighted by atomic mass is 19.4. The van der Waals surface area contributed by atoms with E-state index >= 15 is 0 Å². The zero-order chi connectivity index (χ0) is 35.2. The van der Waals surface area contributed by atoms with E-state index in [2.05, 4.69) is 15.3 Å². The van der Waals surface area contributed by atoms with Crippen molar-refractivity contribution in [3.8, 4) is 11.8 Å². The molecule has 2 heterocycles. The molecule has 256 valence electrons. The summed E-state index contributed by atoms with van der Waals surface area (Å²) in [7, 11) is 0. The van der Waals surface area contributed by atoms with Gasteiger partial charge < -0.3 is 19.9 Å². The van der Waals surface area contributed by atoms with Crippen LogP contribution in [0.4, 0.5) is 42.8 Å². The first kappa shape index (κ1) is 35.8. The van der Waals surface area contributed by atoms with Crippen molar-refractivity contribution in [2.75, 3.05) is 23.4 Å². The standard InChI is InChI=1S/C32H31F6N5O5/c1-3-22-15-24(23-14-20(31(33,34)35)7-8-26(23)43(22)30(45)46)41-29-40-17-27(48-9-5-6-28(44)47-4-2)25(42-29)13-18-10-19(16-39)12-21(11-18)32(36,37)38/h7-8,10-12,14,17,22,24H,3-6,9,13,15H2,1-2H3,(H,45,46)(H,40,41,42)/t22-,24+/m1/s1. The Morgan fingerprint density at radius 3 is 2.44 bits per heavy atom. The summed E-state index contributed by atoms with van der Waals surface area (Å²) in [5.74, 6) is -0.492. The van der Waals surface area contributed by atoms with Crippen LogP contribution >= 0.6 is 0 Å². The third-order valence-electron chi connectivity index (χ3n) is 7.58. The summed E-state index contributed by atoms with van der Waals surface area (Å²) in [5.41, 5.74) is -2.02. The summed E-state index contributed by atoms with van der Waals surface area (Å²) < 4.78 is 92.5. The number of carboxylic acid groups (broad SMARTS) is 1. The van der Waals surface area contributed by atoms with Crippen molar-refractivity contribution in [1.29, 1.82) is 5.26 Å². The van der Waals surface area contributed by atoms with Crippen LogP contribution in [0, 0.1) is 11.3 Å². The lowest BCUT2D eigenvalue weighted by molar-refractivity contribution is -0.143. The van der Waals surface area contributed by atoms with Crippen molar-refractivity contribution < 1.29 is 50.5 Å². The molecule has 0 aliphatic carbocycles. The van der Waals surface area contributed by atoms with E-state index < -0.39 is 47.6 Å². The second kappa shape index (κ2) is 14.8. The Balaban J connectivity index is 1.72. The Bertz CT molecular complexity index is 1690. The van der Waals surface area contributed by atoms with Crippen LogP contribution in [0.25, 0.3) is 0 Å². The number of halogens is 6. The summed E-state index contributed by atoms with van der Waals surface area (Å²) >= 11 is 0. The van der Waals surface area contributed by atoms with Gasteiger partial charge in [0.2, 0.25) is 5.95 Å². The first-order valence-corrected chi connectivity index (χ1v) is 14.9. The van der Waals surface area contributed by atoms with Gasteiger partial charge in [-0.1, -0.05) is 6.92 Å². The van der Waals surface area contributed by atoms with Gasteiger partial charge in [0.15, 0.2) is 5.75 Å². The van der Waals surface area contributed by atoms with Gasteiger partial charge in [-0.25, -0.2) is 14.8 Å². The molecule has 2 atom stereocenters. The van der Waals surface area contributed by atoms with Gasteiger partial charge in [0.1, 0.15) is 0 Å². The molecule has 0 saturated heterocycles. The molecule has 4 rings (SSSR count). The molecule has 0 radical (unpaired) electrons. The third-order valence-corrected chi connectivity index (χ3v) is 7.58. The zero-order valence-electron chi connectivity index (χ0n) is 25.8. The molecule has 2 N–H and O–H groups in total. The number of carbonyl (C=O) groups excluding carboxylic acids is 1. The number of alkyl halides is 6. The lowest BCUT2D eigenvalue weighted by atomic mass is 9.89. The molecular weight excluding hydrogens is 648 g/mol. The highest BCUT2D eigenvalue weighted by Crippen LogP contribution is 2.43. The van der Waals surface area contributed by atoms with Gasteiger partial charge in [0.25, 0.3) is 0 Å². The quantitative estimate of drug-likeness (QED) is 0.120. The number of aromatic nitrogens is 2. The number of nitrogens with one attached hydrogen (secondary N) is 1. The molecule has 0 unspecified atom stereocenters. The van der Waals surface area contributed by atoms with Crippen molar-refractivity contribution >= 4 is 23.7 Å². The maximum atomic E-state index is 13.7. The van der Waals surface area contributed by atoms with Crippen LogP contribution in [0.5, 0.6) is 5.75 Å². The van der Waals surface area contributed by atoms with Gasteiger partial charge in [0.05, 0.1) is 59.6 Å². The van der Waals surface area contributed by atoms with Gasteiger partial charge in [-0.2, -0.15) is 31.6 Å². The van der Waals surface area contributed by atoms with E-state index in [1.165, 1.54) is 12.3 Å². The number of rotatable bonds is 11. The molecule has 16 heteroatoms. The van der Waals surface area contributed by atoms with E-state index in [9.17, 15) is 46.3 Å². The normalized spacial score (nSPS) is 16.1. The van der Waals surface area contributed by atoms with Gasteiger partial charge in [0, 0.05) is 18.9 Å². The van der Waals surface area contributed by atoms with Crippen molar-refractivity contribution in [3.63, 3.8) is 0 Å². The van der Waals surface area contributed by atoms with Crippen molar-refractivity contribution in [2.45, 2.75) is 70.4 Å². The predicted molar refractivity (Wildman–Crippen MR) is 159 cm³/mol. The number of amides is 1. The Morgan fingerprint density at radius 2 is 1.81 bits per heavy atom. The van der Waals surface area contributed by atoms with E-state index in [0.29, 0.717) is 12.5 Å². The summed E-state index contributed by atoms with van der Waals surface area (Å²) in [5, 5.41) is 22.2. The number of nitriles is 1. The lowest BCUT2D eigenvalue weighted by Gasteiger charge is -2.39. The van der Waals surface area contributed by atoms with Crippen LogP contribution < -0.4 is 15.0 Å². The predicted octanol–water partition coefficient (Wildman–Crippen LogP) is 7.52. The first-order chi connectivity index (χ1) is 22.6. The summed E-state index contributed by atoms with van der Waals surface area (Å²) in [6, 6.07) is 5.82. The van der Waals surface area contributed by atoms with Crippen molar-refractivity contribution in [2.24, 2.45) is 0 Å². The highest BCUT2D eigenvalue weighted by molar-refractivity contribution is 5.89. The molecule has 1 aliphatic heterocycles. The van der Waals surface area contributed by atoms with Crippen LogP contribution in [0.2, 0.25) is 0 Å². The number of hydrogen-bond acceptors (Lipinski definition) is 8. The number of fused-ring (bicyclic) bond motifs is 1. The fraction of sp³-hybridized carbons (Fsp3) is 0.406. The van der Waals surface area contributed by atoms with Gasteiger partial charge >= 0.3 is 24.4 Å². The monoisotopic (exact) mass is 679 g/mol. The molecule has 1 amide bonds. The number of anilines is 2. The average Bonchev–Trinajstić information content (AvgIpc) is 3.02. The van der Waals surface area contributed by atoms with Gasteiger partial charge in [-0.05, 0) is 73.7 Å². The molecular formula is C32H31F6N5O5. The van der Waals surface area contributed by atoms with Crippen LogP contribution in [-0.4, -0.2) is 46.4 Å². The van der Waals surface area contributed by atoms with Crippen LogP contribution in [0.1, 0.15) is 79.1 Å². The SMILES string of the molecule is CCOC(=O)CCCOc1cnc(N[C@H]2C[C@@H](CC)N(C(=O)O)c3ccc(C(F)(F)F)cc32)nc1Cc1cc(C#N)cc(C(F)(F)F)c1. The molecule has 0 fully saturated rings. The van der Waals surface area contributed by atoms with Gasteiger partial charge in [-0.15, -0.1) is 0 Å². The number of ether oxygens (including phenoxy) is 2. The minimum absolute atomic E-state index is 0.00654. The Hall–Kier alpha value is -5.07. The number of benzene rings is 2. The Labute approximate surface area is 271 Å².